The number of ether oxygens (including phenoxy) is 2. The Morgan fingerprint density at radius 2 is 1.54 bits per heavy atom. The monoisotopic (exact) mass is 327 g/mol. The van der Waals surface area contributed by atoms with Crippen LogP contribution in [0.4, 0.5) is 5.82 Å². The van der Waals surface area contributed by atoms with E-state index in [1.165, 1.54) is 22.0 Å². The van der Waals surface area contributed by atoms with Crippen molar-refractivity contribution in [1.29, 1.82) is 0 Å². The molecule has 2 aromatic rings. The molecule has 1 aromatic heterocycles. The molecule has 3 heterocycles. The van der Waals surface area contributed by atoms with Crippen molar-refractivity contribution in [3.8, 4) is 0 Å². The molecule has 2 saturated heterocycles. The van der Waals surface area contributed by atoms with Crippen molar-refractivity contribution in [2.45, 2.75) is 13.5 Å². The highest BCUT2D eigenvalue weighted by Crippen LogP contribution is 2.30. The highest BCUT2D eigenvalue weighted by molar-refractivity contribution is 5.95. The van der Waals surface area contributed by atoms with Crippen molar-refractivity contribution in [2.75, 3.05) is 57.5 Å². The van der Waals surface area contributed by atoms with E-state index in [-0.39, 0.29) is 0 Å². The molecule has 24 heavy (non-hydrogen) atoms. The van der Waals surface area contributed by atoms with Crippen molar-refractivity contribution in [3.63, 3.8) is 0 Å². The van der Waals surface area contributed by atoms with E-state index in [1.54, 1.807) is 0 Å². The van der Waals surface area contributed by atoms with Crippen LogP contribution in [0.5, 0.6) is 0 Å². The SMILES string of the molecule is Cc1c(CN2CCOCC2)nc(N2CCOCC2)c2ccccc12. The maximum atomic E-state index is 5.52. The summed E-state index contributed by atoms with van der Waals surface area (Å²) in [6, 6.07) is 8.64. The van der Waals surface area contributed by atoms with Crippen LogP contribution in [0.3, 0.4) is 0 Å². The van der Waals surface area contributed by atoms with E-state index in [2.05, 4.69) is 41.0 Å². The van der Waals surface area contributed by atoms with Crippen molar-refractivity contribution in [2.24, 2.45) is 0 Å². The zero-order chi connectivity index (χ0) is 16.4. The number of anilines is 1. The van der Waals surface area contributed by atoms with Gasteiger partial charge in [-0.15, -0.1) is 0 Å². The van der Waals surface area contributed by atoms with Gasteiger partial charge in [0.15, 0.2) is 0 Å². The Morgan fingerprint density at radius 3 is 2.25 bits per heavy atom. The van der Waals surface area contributed by atoms with E-state index in [0.29, 0.717) is 0 Å². The van der Waals surface area contributed by atoms with E-state index in [4.69, 9.17) is 14.5 Å². The molecule has 0 atom stereocenters. The number of benzene rings is 1. The quantitative estimate of drug-likeness (QED) is 0.864. The largest absolute Gasteiger partial charge is 0.379 e. The summed E-state index contributed by atoms with van der Waals surface area (Å²) in [5.41, 5.74) is 2.49. The smallest absolute Gasteiger partial charge is 0.136 e. The fourth-order valence-corrected chi connectivity index (χ4v) is 3.57. The molecule has 4 rings (SSSR count). The van der Waals surface area contributed by atoms with Crippen LogP contribution in [0.15, 0.2) is 24.3 Å². The van der Waals surface area contributed by atoms with Gasteiger partial charge in [-0.3, -0.25) is 4.90 Å². The Labute approximate surface area is 143 Å². The summed E-state index contributed by atoms with van der Waals surface area (Å²) in [7, 11) is 0. The summed E-state index contributed by atoms with van der Waals surface area (Å²) >= 11 is 0. The van der Waals surface area contributed by atoms with E-state index in [1.807, 2.05) is 0 Å². The number of fused-ring (bicyclic) bond motifs is 1. The summed E-state index contributed by atoms with van der Waals surface area (Å²) in [5.74, 6) is 1.11. The molecule has 5 heteroatoms. The lowest BCUT2D eigenvalue weighted by Crippen LogP contribution is -2.38. The molecule has 0 unspecified atom stereocenters. The average Bonchev–Trinajstić information content (AvgIpc) is 2.66. The van der Waals surface area contributed by atoms with Crippen LogP contribution < -0.4 is 4.90 Å². The molecule has 0 N–H and O–H groups in total. The molecule has 2 aliphatic heterocycles. The minimum absolute atomic E-state index is 0.780. The molecular weight excluding hydrogens is 302 g/mol. The molecular formula is C19H25N3O2. The summed E-state index contributed by atoms with van der Waals surface area (Å²) in [5, 5.41) is 2.57. The van der Waals surface area contributed by atoms with Crippen LogP contribution in [0.2, 0.25) is 0 Å². The van der Waals surface area contributed by atoms with E-state index in [0.717, 1.165) is 65.0 Å². The number of morpholine rings is 2. The van der Waals surface area contributed by atoms with Crippen LogP contribution >= 0.6 is 0 Å². The molecule has 128 valence electrons. The van der Waals surface area contributed by atoms with Crippen molar-refractivity contribution < 1.29 is 9.47 Å². The van der Waals surface area contributed by atoms with Crippen LogP contribution in [-0.4, -0.2) is 62.5 Å². The normalized spacial score (nSPS) is 19.8. The van der Waals surface area contributed by atoms with Crippen LogP contribution in [0, 0.1) is 6.92 Å². The van der Waals surface area contributed by atoms with E-state index >= 15 is 0 Å². The Hall–Kier alpha value is -1.69. The third-order valence-electron chi connectivity index (χ3n) is 5.03. The number of aromatic nitrogens is 1. The van der Waals surface area contributed by atoms with Crippen LogP contribution in [0.1, 0.15) is 11.3 Å². The lowest BCUT2D eigenvalue weighted by molar-refractivity contribution is 0.0336. The Kier molecular flexibility index (Phi) is 4.65. The number of hydrogen-bond acceptors (Lipinski definition) is 5. The van der Waals surface area contributed by atoms with Gasteiger partial charge in [0, 0.05) is 38.1 Å². The first-order chi connectivity index (χ1) is 11.8. The van der Waals surface area contributed by atoms with Gasteiger partial charge in [0.25, 0.3) is 0 Å². The molecule has 0 bridgehead atoms. The van der Waals surface area contributed by atoms with Gasteiger partial charge in [0.05, 0.1) is 32.1 Å². The molecule has 0 aliphatic carbocycles. The second-order valence-electron chi connectivity index (χ2n) is 6.54. The van der Waals surface area contributed by atoms with Gasteiger partial charge in [-0.05, 0) is 17.9 Å². The summed E-state index contributed by atoms with van der Waals surface area (Å²) in [6.07, 6.45) is 0. The zero-order valence-corrected chi connectivity index (χ0v) is 14.3. The maximum Gasteiger partial charge on any atom is 0.136 e. The van der Waals surface area contributed by atoms with Crippen LogP contribution in [-0.2, 0) is 16.0 Å². The van der Waals surface area contributed by atoms with Crippen molar-refractivity contribution in [3.05, 3.63) is 35.5 Å². The minimum Gasteiger partial charge on any atom is -0.379 e. The third kappa shape index (κ3) is 3.11. The fraction of sp³-hybridized carbons (Fsp3) is 0.526. The lowest BCUT2D eigenvalue weighted by Gasteiger charge is -2.31. The fourth-order valence-electron chi connectivity index (χ4n) is 3.57. The molecule has 0 radical (unpaired) electrons. The highest BCUT2D eigenvalue weighted by atomic mass is 16.5. The molecule has 0 amide bonds. The maximum absolute atomic E-state index is 5.52. The molecule has 0 spiro atoms. The highest BCUT2D eigenvalue weighted by Gasteiger charge is 2.20. The van der Waals surface area contributed by atoms with Gasteiger partial charge in [0.2, 0.25) is 0 Å². The lowest BCUT2D eigenvalue weighted by atomic mass is 10.0. The average molecular weight is 327 g/mol. The van der Waals surface area contributed by atoms with Crippen LogP contribution in [0.25, 0.3) is 10.8 Å². The number of nitrogens with zero attached hydrogens (tertiary/aromatic N) is 3. The Morgan fingerprint density at radius 1 is 0.917 bits per heavy atom. The first-order valence-electron chi connectivity index (χ1n) is 8.84. The van der Waals surface area contributed by atoms with Crippen molar-refractivity contribution >= 4 is 16.6 Å². The van der Waals surface area contributed by atoms with E-state index in [9.17, 15) is 0 Å². The number of aryl methyl sites for hydroxylation is 1. The van der Waals surface area contributed by atoms with Gasteiger partial charge in [-0.1, -0.05) is 24.3 Å². The van der Waals surface area contributed by atoms with Crippen molar-refractivity contribution in [1.82, 2.24) is 9.88 Å². The minimum atomic E-state index is 0.780. The first-order valence-corrected chi connectivity index (χ1v) is 8.84. The van der Waals surface area contributed by atoms with Gasteiger partial charge in [-0.2, -0.15) is 0 Å². The predicted molar refractivity (Wildman–Crippen MR) is 95.6 cm³/mol. The standard InChI is InChI=1S/C19H25N3O2/c1-15-16-4-2-3-5-17(16)19(22-8-12-24-13-9-22)20-18(15)14-21-6-10-23-11-7-21/h2-5H,6-14H2,1H3. The number of pyridine rings is 1. The number of rotatable bonds is 3. The first kappa shape index (κ1) is 15.8. The summed E-state index contributed by atoms with van der Waals surface area (Å²) in [6.45, 7) is 10.1. The second kappa shape index (κ2) is 7.05. The molecule has 2 aliphatic rings. The summed E-state index contributed by atoms with van der Waals surface area (Å²) < 4.78 is 11.0. The number of hydrogen-bond donors (Lipinski definition) is 0. The second-order valence-corrected chi connectivity index (χ2v) is 6.54. The van der Waals surface area contributed by atoms with E-state index < -0.39 is 0 Å². The summed E-state index contributed by atoms with van der Waals surface area (Å²) in [4.78, 5) is 9.92. The van der Waals surface area contributed by atoms with Gasteiger partial charge < -0.3 is 14.4 Å². The van der Waals surface area contributed by atoms with Gasteiger partial charge in [0.1, 0.15) is 5.82 Å². The van der Waals surface area contributed by atoms with Gasteiger partial charge in [-0.25, -0.2) is 4.98 Å². The molecule has 2 fully saturated rings. The third-order valence-corrected chi connectivity index (χ3v) is 5.03. The molecule has 5 nitrogen and oxygen atoms in total. The Bertz CT molecular complexity index is 707. The molecule has 0 saturated carbocycles. The molecule has 1 aromatic carbocycles. The zero-order valence-electron chi connectivity index (χ0n) is 14.3. The predicted octanol–water partition coefficient (Wildman–Crippen LogP) is 2.21. The Balaban J connectivity index is 1.74. The van der Waals surface area contributed by atoms with Gasteiger partial charge >= 0.3 is 0 Å². The topological polar surface area (TPSA) is 37.8 Å².